The van der Waals surface area contributed by atoms with E-state index in [-0.39, 0.29) is 12.6 Å². The van der Waals surface area contributed by atoms with E-state index in [4.69, 9.17) is 5.73 Å². The molecular formula is C11H19F3N2O2. The Kier molecular flexibility index (Phi) is 4.61. The van der Waals surface area contributed by atoms with Crippen molar-refractivity contribution in [3.63, 3.8) is 0 Å². The van der Waals surface area contributed by atoms with Gasteiger partial charge in [-0.3, -0.25) is 4.79 Å². The first-order valence-corrected chi connectivity index (χ1v) is 5.82. The minimum atomic E-state index is -4.16. The largest absolute Gasteiger partial charge is 0.468 e. The van der Waals surface area contributed by atoms with Crippen molar-refractivity contribution in [2.24, 2.45) is 5.73 Å². The molecule has 1 rings (SSSR count). The average molecular weight is 268 g/mol. The van der Waals surface area contributed by atoms with E-state index in [1.54, 1.807) is 11.9 Å². The number of carbonyl (C=O) groups excluding carboxylic acids is 1. The topological polar surface area (TPSA) is 55.6 Å². The summed E-state index contributed by atoms with van der Waals surface area (Å²) in [5.74, 6) is -0.491. The molecule has 0 radical (unpaired) electrons. The number of esters is 1. The molecule has 0 spiro atoms. The first-order valence-electron chi connectivity index (χ1n) is 5.82. The Balaban J connectivity index is 2.48. The second-order valence-electron chi connectivity index (χ2n) is 4.89. The Morgan fingerprint density at radius 2 is 2.17 bits per heavy atom. The molecule has 2 unspecified atom stereocenters. The number of nitrogens with two attached hydrogens (primary N) is 1. The Labute approximate surface area is 104 Å². The SMILES string of the molecule is COC(=O)C1(N)CCC(N(C)CCC(F)(F)F)C1. The lowest BCUT2D eigenvalue weighted by molar-refractivity contribution is -0.147. The fourth-order valence-electron chi connectivity index (χ4n) is 2.30. The maximum atomic E-state index is 12.1. The van der Waals surface area contributed by atoms with E-state index in [0.717, 1.165) is 0 Å². The van der Waals surface area contributed by atoms with Gasteiger partial charge in [0, 0.05) is 12.6 Å². The fraction of sp³-hybridized carbons (Fsp3) is 0.909. The van der Waals surface area contributed by atoms with Gasteiger partial charge in [-0.15, -0.1) is 0 Å². The molecule has 0 amide bonds. The number of carbonyl (C=O) groups is 1. The zero-order chi connectivity index (χ0) is 14.0. The first kappa shape index (κ1) is 15.2. The number of ether oxygens (including phenoxy) is 1. The van der Waals surface area contributed by atoms with Crippen molar-refractivity contribution in [1.82, 2.24) is 4.90 Å². The molecule has 4 nitrogen and oxygen atoms in total. The average Bonchev–Trinajstić information content (AvgIpc) is 2.68. The van der Waals surface area contributed by atoms with Crippen LogP contribution in [-0.4, -0.2) is 49.3 Å². The van der Waals surface area contributed by atoms with Crippen molar-refractivity contribution in [1.29, 1.82) is 0 Å². The highest BCUT2D eigenvalue weighted by Crippen LogP contribution is 2.32. The lowest BCUT2D eigenvalue weighted by Crippen LogP contribution is -2.48. The summed E-state index contributed by atoms with van der Waals surface area (Å²) < 4.78 is 41.0. The van der Waals surface area contributed by atoms with Crippen LogP contribution in [0.1, 0.15) is 25.7 Å². The van der Waals surface area contributed by atoms with Crippen LogP contribution < -0.4 is 5.73 Å². The minimum absolute atomic E-state index is 0.0780. The predicted molar refractivity (Wildman–Crippen MR) is 59.9 cm³/mol. The summed E-state index contributed by atoms with van der Waals surface area (Å²) in [6.07, 6.45) is -3.61. The summed E-state index contributed by atoms with van der Waals surface area (Å²) in [6, 6.07) is -0.101. The fourth-order valence-corrected chi connectivity index (χ4v) is 2.30. The van der Waals surface area contributed by atoms with Crippen LogP contribution in [0.5, 0.6) is 0 Å². The zero-order valence-corrected chi connectivity index (χ0v) is 10.6. The Morgan fingerprint density at radius 1 is 1.56 bits per heavy atom. The molecular weight excluding hydrogens is 249 g/mol. The van der Waals surface area contributed by atoms with Crippen LogP contribution in [0.3, 0.4) is 0 Å². The van der Waals surface area contributed by atoms with Gasteiger partial charge in [-0.1, -0.05) is 0 Å². The number of rotatable bonds is 4. The molecule has 106 valence electrons. The lowest BCUT2D eigenvalue weighted by Gasteiger charge is -2.26. The molecule has 1 aliphatic carbocycles. The van der Waals surface area contributed by atoms with E-state index in [0.29, 0.717) is 19.3 Å². The van der Waals surface area contributed by atoms with Crippen molar-refractivity contribution in [3.05, 3.63) is 0 Å². The molecule has 0 aromatic heterocycles. The van der Waals surface area contributed by atoms with Crippen molar-refractivity contribution < 1.29 is 22.7 Å². The molecule has 2 N–H and O–H groups in total. The van der Waals surface area contributed by atoms with Crippen molar-refractivity contribution in [2.45, 2.75) is 43.4 Å². The first-order chi connectivity index (χ1) is 8.18. The molecule has 7 heteroatoms. The molecule has 0 heterocycles. The molecule has 1 saturated carbocycles. The summed E-state index contributed by atoms with van der Waals surface area (Å²) in [6.45, 7) is -0.0780. The molecule has 18 heavy (non-hydrogen) atoms. The quantitative estimate of drug-likeness (QED) is 0.781. The monoisotopic (exact) mass is 268 g/mol. The van der Waals surface area contributed by atoms with Crippen molar-refractivity contribution in [2.75, 3.05) is 20.7 Å². The van der Waals surface area contributed by atoms with Crippen LogP contribution >= 0.6 is 0 Å². The number of nitrogens with zero attached hydrogens (tertiary/aromatic N) is 1. The summed E-state index contributed by atoms with van der Waals surface area (Å²) in [5, 5.41) is 0. The van der Waals surface area contributed by atoms with Gasteiger partial charge in [0.25, 0.3) is 0 Å². The van der Waals surface area contributed by atoms with Gasteiger partial charge in [-0.05, 0) is 26.3 Å². The maximum Gasteiger partial charge on any atom is 0.390 e. The van der Waals surface area contributed by atoms with Crippen LogP contribution in [0, 0.1) is 0 Å². The van der Waals surface area contributed by atoms with Crippen LogP contribution in [0.25, 0.3) is 0 Å². The van der Waals surface area contributed by atoms with Crippen molar-refractivity contribution >= 4 is 5.97 Å². The smallest absolute Gasteiger partial charge is 0.390 e. The molecule has 1 fully saturated rings. The molecule has 2 atom stereocenters. The van der Waals surface area contributed by atoms with E-state index < -0.39 is 24.1 Å². The van der Waals surface area contributed by atoms with E-state index in [9.17, 15) is 18.0 Å². The Bertz CT molecular complexity index is 309. The number of hydrogen-bond acceptors (Lipinski definition) is 4. The number of methoxy groups -OCH3 is 1. The van der Waals surface area contributed by atoms with Gasteiger partial charge in [0.05, 0.1) is 13.5 Å². The van der Waals surface area contributed by atoms with Gasteiger partial charge in [0.2, 0.25) is 0 Å². The highest BCUT2D eigenvalue weighted by Gasteiger charge is 2.44. The Hall–Kier alpha value is -0.820. The highest BCUT2D eigenvalue weighted by molar-refractivity contribution is 5.81. The lowest BCUT2D eigenvalue weighted by atomic mass is 9.99. The van der Waals surface area contributed by atoms with E-state index in [1.165, 1.54) is 7.11 Å². The van der Waals surface area contributed by atoms with Crippen LogP contribution in [0.15, 0.2) is 0 Å². The second-order valence-corrected chi connectivity index (χ2v) is 4.89. The summed E-state index contributed by atoms with van der Waals surface area (Å²) in [7, 11) is 2.89. The molecule has 0 bridgehead atoms. The summed E-state index contributed by atoms with van der Waals surface area (Å²) in [5.41, 5.74) is 4.85. The van der Waals surface area contributed by atoms with Gasteiger partial charge in [0.1, 0.15) is 5.54 Å². The van der Waals surface area contributed by atoms with Gasteiger partial charge >= 0.3 is 12.1 Å². The van der Waals surface area contributed by atoms with Gasteiger partial charge in [-0.2, -0.15) is 13.2 Å². The molecule has 0 aliphatic heterocycles. The second kappa shape index (κ2) is 5.44. The normalized spacial score (nSPS) is 28.7. The Morgan fingerprint density at radius 3 is 2.67 bits per heavy atom. The van der Waals surface area contributed by atoms with Gasteiger partial charge < -0.3 is 15.4 Å². The molecule has 1 aliphatic rings. The third kappa shape index (κ3) is 3.84. The van der Waals surface area contributed by atoms with Crippen LogP contribution in [0.4, 0.5) is 13.2 Å². The van der Waals surface area contributed by atoms with Gasteiger partial charge in [-0.25, -0.2) is 0 Å². The van der Waals surface area contributed by atoms with Crippen molar-refractivity contribution in [3.8, 4) is 0 Å². The summed E-state index contributed by atoms with van der Waals surface area (Å²) >= 11 is 0. The highest BCUT2D eigenvalue weighted by atomic mass is 19.4. The predicted octanol–water partition coefficient (Wildman–Crippen LogP) is 1.29. The maximum absolute atomic E-state index is 12.1. The zero-order valence-electron chi connectivity index (χ0n) is 10.6. The van der Waals surface area contributed by atoms with Crippen LogP contribution in [-0.2, 0) is 9.53 Å². The standard InChI is InChI=1S/C11H19F3N2O2/c1-16(6-5-11(12,13)14)8-3-4-10(15,7-8)9(17)18-2/h8H,3-7,15H2,1-2H3. The van der Waals surface area contributed by atoms with E-state index >= 15 is 0 Å². The molecule has 0 aromatic carbocycles. The molecule has 0 saturated heterocycles. The number of hydrogen-bond donors (Lipinski definition) is 1. The minimum Gasteiger partial charge on any atom is -0.468 e. The van der Waals surface area contributed by atoms with Crippen LogP contribution in [0.2, 0.25) is 0 Å². The van der Waals surface area contributed by atoms with Gasteiger partial charge in [0.15, 0.2) is 0 Å². The van der Waals surface area contributed by atoms with E-state index in [1.807, 2.05) is 0 Å². The number of halogens is 3. The van der Waals surface area contributed by atoms with E-state index in [2.05, 4.69) is 4.74 Å². The molecule has 0 aromatic rings. The third-order valence-electron chi connectivity index (χ3n) is 3.49. The number of alkyl halides is 3. The third-order valence-corrected chi connectivity index (χ3v) is 3.49. The summed E-state index contributed by atoms with van der Waals surface area (Å²) in [4.78, 5) is 13.1.